The van der Waals surface area contributed by atoms with E-state index in [2.05, 4.69) is 9.72 Å². The van der Waals surface area contributed by atoms with Gasteiger partial charge in [0.1, 0.15) is 10.7 Å². The molecule has 22 heavy (non-hydrogen) atoms. The van der Waals surface area contributed by atoms with Crippen molar-refractivity contribution in [2.45, 2.75) is 6.92 Å². The summed E-state index contributed by atoms with van der Waals surface area (Å²) in [6.07, 6.45) is 6.32. The quantitative estimate of drug-likeness (QED) is 0.398. The number of methoxy groups -OCH3 is 1. The van der Waals surface area contributed by atoms with E-state index in [-0.39, 0.29) is 10.7 Å². The Balaban J connectivity index is 2.40. The minimum Gasteiger partial charge on any atom is -0.506 e. The van der Waals surface area contributed by atoms with Crippen molar-refractivity contribution in [3.63, 3.8) is 0 Å². The first-order valence-electron chi connectivity index (χ1n) is 6.34. The third-order valence-corrected chi connectivity index (χ3v) is 4.25. The highest BCUT2D eigenvalue weighted by Crippen LogP contribution is 2.23. The van der Waals surface area contributed by atoms with Gasteiger partial charge in [0.25, 0.3) is 0 Å². The molecule has 1 heterocycles. The van der Waals surface area contributed by atoms with E-state index in [0.29, 0.717) is 5.02 Å². The second-order valence-corrected chi connectivity index (χ2v) is 5.69. The zero-order chi connectivity index (χ0) is 16.3. The van der Waals surface area contributed by atoms with Crippen LogP contribution in [0.2, 0.25) is 5.02 Å². The summed E-state index contributed by atoms with van der Waals surface area (Å²) in [5.41, 5.74) is 2.55. The molecule has 0 fully saturated rings. The Morgan fingerprint density at radius 2 is 2.23 bits per heavy atom. The van der Waals surface area contributed by atoms with Crippen LogP contribution in [-0.4, -0.2) is 34.0 Å². The molecule has 1 aromatic carbocycles. The highest BCUT2D eigenvalue weighted by Gasteiger charge is 2.13. The van der Waals surface area contributed by atoms with Gasteiger partial charge in [-0.05, 0) is 37.0 Å². The fourth-order valence-corrected chi connectivity index (χ4v) is 2.57. The molecule has 0 aliphatic carbocycles. The number of esters is 1. The summed E-state index contributed by atoms with van der Waals surface area (Å²) >= 11 is 7.24. The van der Waals surface area contributed by atoms with Gasteiger partial charge in [0.2, 0.25) is 0 Å². The van der Waals surface area contributed by atoms with Crippen LogP contribution in [0.3, 0.4) is 0 Å². The number of allylic oxidation sites excluding steroid dienone is 1. The first-order chi connectivity index (χ1) is 10.5. The molecule has 0 saturated heterocycles. The summed E-state index contributed by atoms with van der Waals surface area (Å²) in [6, 6.07) is 3.69. The van der Waals surface area contributed by atoms with E-state index < -0.39 is 5.97 Å². The summed E-state index contributed by atoms with van der Waals surface area (Å²) in [5.74, 6) is -0.747. The first kappa shape index (κ1) is 16.5. The third-order valence-electron chi connectivity index (χ3n) is 3.06. The van der Waals surface area contributed by atoms with E-state index in [4.69, 9.17) is 11.6 Å². The monoisotopic (exact) mass is 338 g/mol. The van der Waals surface area contributed by atoms with Gasteiger partial charge in [-0.1, -0.05) is 11.6 Å². The SMILES string of the molecule is COC(=O)/C(SC)=C(O)/C=C/n1cnc2cc(C)c(Cl)cc21. The molecule has 0 bridgehead atoms. The number of aryl methyl sites for hydroxylation is 1. The molecule has 0 aliphatic heterocycles. The van der Waals surface area contributed by atoms with Gasteiger partial charge in [-0.3, -0.25) is 0 Å². The molecule has 1 N–H and O–H groups in total. The number of aromatic nitrogens is 2. The number of aliphatic hydroxyl groups excluding tert-OH is 1. The first-order valence-corrected chi connectivity index (χ1v) is 7.94. The average Bonchev–Trinajstić information content (AvgIpc) is 2.88. The van der Waals surface area contributed by atoms with Crippen LogP contribution in [0.5, 0.6) is 0 Å². The molecule has 0 amide bonds. The van der Waals surface area contributed by atoms with Crippen LogP contribution in [0.1, 0.15) is 5.56 Å². The topological polar surface area (TPSA) is 64.3 Å². The van der Waals surface area contributed by atoms with Gasteiger partial charge in [-0.15, -0.1) is 11.8 Å². The fourth-order valence-electron chi connectivity index (χ4n) is 1.88. The predicted molar refractivity (Wildman–Crippen MR) is 90.0 cm³/mol. The Morgan fingerprint density at radius 3 is 2.86 bits per heavy atom. The van der Waals surface area contributed by atoms with Gasteiger partial charge in [0.15, 0.2) is 0 Å². The molecule has 0 radical (unpaired) electrons. The Labute approximate surface area is 137 Å². The van der Waals surface area contributed by atoms with Crippen LogP contribution in [-0.2, 0) is 9.53 Å². The maximum absolute atomic E-state index is 11.5. The molecular formula is C15H15ClN2O3S. The number of carbonyl (C=O) groups is 1. The third kappa shape index (κ3) is 3.28. The predicted octanol–water partition coefficient (Wildman–Crippen LogP) is 3.77. The molecule has 0 spiro atoms. The van der Waals surface area contributed by atoms with Gasteiger partial charge in [0, 0.05) is 11.2 Å². The lowest BCUT2D eigenvalue weighted by atomic mass is 10.2. The molecule has 5 nitrogen and oxygen atoms in total. The maximum Gasteiger partial charge on any atom is 0.348 e. The summed E-state index contributed by atoms with van der Waals surface area (Å²) in [4.78, 5) is 15.9. The van der Waals surface area contributed by atoms with Crippen molar-refractivity contribution in [3.8, 4) is 0 Å². The number of aliphatic hydroxyl groups is 1. The number of halogens is 1. The molecule has 1 aromatic heterocycles. The number of imidazole rings is 1. The Bertz CT molecular complexity index is 780. The van der Waals surface area contributed by atoms with Gasteiger partial charge >= 0.3 is 5.97 Å². The Kier molecular flexibility index (Phi) is 5.15. The lowest BCUT2D eigenvalue weighted by Crippen LogP contribution is -2.04. The van der Waals surface area contributed by atoms with Crippen LogP contribution >= 0.6 is 23.4 Å². The second kappa shape index (κ2) is 6.89. The van der Waals surface area contributed by atoms with Crippen LogP contribution in [0.25, 0.3) is 17.2 Å². The second-order valence-electron chi connectivity index (χ2n) is 4.47. The van der Waals surface area contributed by atoms with Crippen LogP contribution in [0, 0.1) is 6.92 Å². The van der Waals surface area contributed by atoms with Crippen LogP contribution in [0.4, 0.5) is 0 Å². The van der Waals surface area contributed by atoms with Crippen LogP contribution < -0.4 is 0 Å². The van der Waals surface area contributed by atoms with E-state index in [1.54, 1.807) is 29.4 Å². The largest absolute Gasteiger partial charge is 0.506 e. The van der Waals surface area contributed by atoms with Crippen LogP contribution in [0.15, 0.2) is 35.2 Å². The van der Waals surface area contributed by atoms with E-state index >= 15 is 0 Å². The smallest absolute Gasteiger partial charge is 0.348 e. The Morgan fingerprint density at radius 1 is 1.50 bits per heavy atom. The summed E-state index contributed by atoms with van der Waals surface area (Å²) < 4.78 is 6.33. The normalized spacial score (nSPS) is 12.7. The van der Waals surface area contributed by atoms with Crippen molar-refractivity contribution in [1.29, 1.82) is 0 Å². The molecule has 7 heteroatoms. The zero-order valence-corrected chi connectivity index (χ0v) is 13.9. The summed E-state index contributed by atoms with van der Waals surface area (Å²) in [5, 5.41) is 10.6. The standard InChI is InChI=1S/C15H15ClN2O3S/c1-9-6-11-12(7-10(9)16)18(8-17-11)5-4-13(19)14(22-3)15(20)21-2/h4-8,19H,1-3H3/b5-4+,14-13+. The molecule has 0 aliphatic rings. The maximum atomic E-state index is 11.5. The molecular weight excluding hydrogens is 324 g/mol. The number of benzene rings is 1. The van der Waals surface area contributed by atoms with Crippen molar-refractivity contribution in [2.24, 2.45) is 0 Å². The molecule has 2 aromatic rings. The number of rotatable bonds is 4. The number of nitrogens with zero attached hydrogens (tertiary/aromatic N) is 2. The van der Waals surface area contributed by atoms with Gasteiger partial charge in [-0.2, -0.15) is 0 Å². The lowest BCUT2D eigenvalue weighted by molar-refractivity contribution is -0.135. The van der Waals surface area contributed by atoms with E-state index in [0.717, 1.165) is 28.4 Å². The van der Waals surface area contributed by atoms with Crippen molar-refractivity contribution in [3.05, 3.63) is 45.8 Å². The molecule has 0 atom stereocenters. The van der Waals surface area contributed by atoms with Crippen molar-refractivity contribution in [1.82, 2.24) is 9.55 Å². The summed E-state index contributed by atoms with van der Waals surface area (Å²) in [6.45, 7) is 1.91. The fraction of sp³-hybridized carbons (Fsp3) is 0.200. The van der Waals surface area contributed by atoms with Gasteiger partial charge < -0.3 is 14.4 Å². The van der Waals surface area contributed by atoms with Crippen molar-refractivity contribution < 1.29 is 14.6 Å². The highest BCUT2D eigenvalue weighted by atomic mass is 35.5. The van der Waals surface area contributed by atoms with Gasteiger partial charge in [-0.25, -0.2) is 9.78 Å². The highest BCUT2D eigenvalue weighted by molar-refractivity contribution is 8.03. The number of hydrogen-bond acceptors (Lipinski definition) is 5. The van der Waals surface area contributed by atoms with Crippen molar-refractivity contribution >= 4 is 46.6 Å². The van der Waals surface area contributed by atoms with Crippen molar-refractivity contribution in [2.75, 3.05) is 13.4 Å². The molecule has 116 valence electrons. The average molecular weight is 339 g/mol. The number of ether oxygens (including phenoxy) is 1. The minimum atomic E-state index is -0.580. The molecule has 0 unspecified atom stereocenters. The number of carbonyl (C=O) groups excluding carboxylic acids is 1. The summed E-state index contributed by atoms with van der Waals surface area (Å²) in [7, 11) is 1.27. The van der Waals surface area contributed by atoms with Gasteiger partial charge in [0.05, 0.1) is 24.5 Å². The lowest BCUT2D eigenvalue weighted by Gasteiger charge is -2.03. The molecule has 0 saturated carbocycles. The zero-order valence-electron chi connectivity index (χ0n) is 12.3. The van der Waals surface area contributed by atoms with E-state index in [1.165, 1.54) is 13.2 Å². The van der Waals surface area contributed by atoms with E-state index in [1.807, 2.05) is 13.0 Å². The Hall–Kier alpha value is -1.92. The number of hydrogen-bond donors (Lipinski definition) is 1. The van der Waals surface area contributed by atoms with E-state index in [9.17, 15) is 9.90 Å². The number of fused-ring (bicyclic) bond motifs is 1. The number of thioether (sulfide) groups is 1. The minimum absolute atomic E-state index is 0.136. The molecule has 2 rings (SSSR count).